The van der Waals surface area contributed by atoms with Gasteiger partial charge in [0.1, 0.15) is 5.75 Å². The van der Waals surface area contributed by atoms with Gasteiger partial charge in [0.15, 0.2) is 0 Å². The van der Waals surface area contributed by atoms with E-state index in [2.05, 4.69) is 15.9 Å². The molecule has 0 aliphatic carbocycles. The number of para-hydroxylation sites is 2. The first-order valence-electron chi connectivity index (χ1n) is 8.60. The number of carbonyl (C=O) groups excluding carboxylic acids is 2. The Kier molecular flexibility index (Phi) is 6.25. The number of benzene rings is 2. The van der Waals surface area contributed by atoms with Gasteiger partial charge in [-0.3, -0.25) is 4.79 Å². The van der Waals surface area contributed by atoms with Gasteiger partial charge in [-0.2, -0.15) is 4.31 Å². The van der Waals surface area contributed by atoms with Gasteiger partial charge in [-0.15, -0.1) is 0 Å². The second kappa shape index (κ2) is 8.52. The van der Waals surface area contributed by atoms with Crippen molar-refractivity contribution in [2.45, 2.75) is 11.0 Å². The van der Waals surface area contributed by atoms with Crippen LogP contribution in [-0.4, -0.2) is 58.0 Å². The molecule has 10 heteroatoms. The summed E-state index contributed by atoms with van der Waals surface area (Å²) < 4.78 is 37.6. The molecule has 0 unspecified atom stereocenters. The third-order valence-electron chi connectivity index (χ3n) is 4.42. The fraction of sp³-hybridized carbons (Fsp3) is 0.263. The normalized spacial score (nSPS) is 16.1. The zero-order valence-corrected chi connectivity index (χ0v) is 18.1. The molecule has 1 aliphatic heterocycles. The van der Waals surface area contributed by atoms with E-state index in [4.69, 9.17) is 9.47 Å². The van der Waals surface area contributed by atoms with Crippen LogP contribution in [0.5, 0.6) is 5.75 Å². The Morgan fingerprint density at radius 3 is 2.52 bits per heavy atom. The van der Waals surface area contributed by atoms with Gasteiger partial charge < -0.3 is 14.4 Å². The number of hydrogen-bond acceptors (Lipinski definition) is 6. The summed E-state index contributed by atoms with van der Waals surface area (Å²) >= 11 is 3.26. The molecule has 1 atom stereocenters. The molecule has 3 rings (SSSR count). The Bertz CT molecular complexity index is 1030. The molecule has 0 radical (unpaired) electrons. The molecule has 0 N–H and O–H groups in total. The maximum atomic E-state index is 13.0. The molecule has 0 bridgehead atoms. The molecular weight excluding hydrogens is 464 g/mol. The topological polar surface area (TPSA) is 93.2 Å². The number of amides is 1. The fourth-order valence-corrected chi connectivity index (χ4v) is 4.26. The molecule has 8 nitrogen and oxygen atoms in total. The van der Waals surface area contributed by atoms with Crippen LogP contribution in [0.4, 0.5) is 5.69 Å². The molecule has 2 aromatic rings. The minimum Gasteiger partial charge on any atom is -0.475 e. The summed E-state index contributed by atoms with van der Waals surface area (Å²) in [5.41, 5.74) is 0.465. The minimum atomic E-state index is -3.86. The fourth-order valence-electron chi connectivity index (χ4n) is 2.87. The van der Waals surface area contributed by atoms with Crippen molar-refractivity contribution in [3.8, 4) is 5.75 Å². The van der Waals surface area contributed by atoms with Crippen LogP contribution in [0.2, 0.25) is 0 Å². The molecule has 1 amide bonds. The quantitative estimate of drug-likeness (QED) is 0.605. The maximum absolute atomic E-state index is 13.0. The van der Waals surface area contributed by atoms with Crippen LogP contribution in [-0.2, 0) is 24.3 Å². The average molecular weight is 483 g/mol. The minimum absolute atomic E-state index is 0.0747. The Balaban J connectivity index is 1.83. The van der Waals surface area contributed by atoms with Gasteiger partial charge >= 0.3 is 5.97 Å². The van der Waals surface area contributed by atoms with Crippen molar-refractivity contribution in [2.24, 2.45) is 0 Å². The van der Waals surface area contributed by atoms with Crippen LogP contribution < -0.4 is 9.64 Å². The number of likely N-dealkylation sites (N-methyl/N-ethyl adjacent to an activating group) is 1. The van der Waals surface area contributed by atoms with Crippen molar-refractivity contribution in [3.63, 3.8) is 0 Å². The van der Waals surface area contributed by atoms with Crippen LogP contribution >= 0.6 is 15.9 Å². The van der Waals surface area contributed by atoms with Gasteiger partial charge in [0.25, 0.3) is 0 Å². The summed E-state index contributed by atoms with van der Waals surface area (Å²) in [4.78, 5) is 26.3. The molecule has 1 heterocycles. The lowest BCUT2D eigenvalue weighted by Gasteiger charge is -2.34. The van der Waals surface area contributed by atoms with Gasteiger partial charge in [-0.25, -0.2) is 13.2 Å². The third-order valence-corrected chi connectivity index (χ3v) is 6.76. The molecule has 0 aromatic heterocycles. The van der Waals surface area contributed by atoms with Crippen LogP contribution in [0.3, 0.4) is 0 Å². The number of esters is 1. The molecule has 0 saturated carbocycles. The first-order chi connectivity index (χ1) is 13.7. The van der Waals surface area contributed by atoms with E-state index in [1.165, 1.54) is 31.2 Å². The predicted molar refractivity (Wildman–Crippen MR) is 109 cm³/mol. The number of ether oxygens (including phenoxy) is 2. The molecular formula is C19H19BrN2O6S. The molecule has 154 valence electrons. The van der Waals surface area contributed by atoms with Gasteiger partial charge in [-0.1, -0.05) is 28.1 Å². The molecule has 0 saturated heterocycles. The first-order valence-corrected chi connectivity index (χ1v) is 10.8. The number of sulfonamides is 1. The lowest BCUT2D eigenvalue weighted by molar-refractivity contribution is -0.148. The van der Waals surface area contributed by atoms with Crippen LogP contribution in [0.15, 0.2) is 57.9 Å². The highest BCUT2D eigenvalue weighted by molar-refractivity contribution is 9.10. The van der Waals surface area contributed by atoms with Crippen molar-refractivity contribution in [2.75, 3.05) is 32.1 Å². The third kappa shape index (κ3) is 4.44. The zero-order chi connectivity index (χ0) is 21.2. The number of rotatable bonds is 5. The first kappa shape index (κ1) is 21.3. The van der Waals surface area contributed by atoms with E-state index in [-0.39, 0.29) is 11.4 Å². The predicted octanol–water partition coefficient (Wildman–Crippen LogP) is 2.04. The van der Waals surface area contributed by atoms with E-state index >= 15 is 0 Å². The second-order valence-electron chi connectivity index (χ2n) is 6.32. The number of nitrogens with zero attached hydrogens (tertiary/aromatic N) is 2. The van der Waals surface area contributed by atoms with Crippen molar-refractivity contribution in [1.82, 2.24) is 4.31 Å². The van der Waals surface area contributed by atoms with Crippen molar-refractivity contribution in [3.05, 3.63) is 53.0 Å². The summed E-state index contributed by atoms with van der Waals surface area (Å²) in [7, 11) is -1.29. The number of fused-ring (bicyclic) bond motifs is 1. The number of methoxy groups -OCH3 is 1. The number of hydrogen-bond donors (Lipinski definition) is 0. The smallest absolute Gasteiger partial charge is 0.348 e. The summed E-state index contributed by atoms with van der Waals surface area (Å²) in [5, 5.41) is 0. The highest BCUT2D eigenvalue weighted by Crippen LogP contribution is 2.33. The monoisotopic (exact) mass is 482 g/mol. The van der Waals surface area contributed by atoms with Gasteiger partial charge in [0, 0.05) is 11.5 Å². The summed E-state index contributed by atoms with van der Waals surface area (Å²) in [6.45, 7) is -0.477. The lowest BCUT2D eigenvalue weighted by Crippen LogP contribution is -2.50. The molecule has 0 spiro atoms. The number of halogens is 1. The van der Waals surface area contributed by atoms with E-state index in [0.29, 0.717) is 11.4 Å². The molecule has 2 aromatic carbocycles. The van der Waals surface area contributed by atoms with E-state index < -0.39 is 34.5 Å². The van der Waals surface area contributed by atoms with Crippen LogP contribution in [0.25, 0.3) is 0 Å². The molecule has 1 aliphatic rings. The van der Waals surface area contributed by atoms with Crippen molar-refractivity contribution in [1.29, 1.82) is 0 Å². The highest BCUT2D eigenvalue weighted by Gasteiger charge is 2.35. The van der Waals surface area contributed by atoms with Gasteiger partial charge in [0.2, 0.25) is 22.0 Å². The Labute approximate surface area is 177 Å². The summed E-state index contributed by atoms with van der Waals surface area (Å²) in [5.74, 6) is -0.757. The SMILES string of the molecule is COC(=O)[C@H]1CN(C(=O)CN(C)S(=O)(=O)c2ccc(Br)cc2)c2ccccc2O1. The Hall–Kier alpha value is -2.43. The summed E-state index contributed by atoms with van der Waals surface area (Å²) in [6.07, 6.45) is -0.993. The molecule has 0 fully saturated rings. The van der Waals surface area contributed by atoms with E-state index in [0.717, 1.165) is 8.78 Å². The number of carbonyl (C=O) groups is 2. The average Bonchev–Trinajstić information content (AvgIpc) is 2.72. The van der Waals surface area contributed by atoms with Gasteiger partial charge in [-0.05, 0) is 36.4 Å². The van der Waals surface area contributed by atoms with Crippen molar-refractivity contribution < 1.29 is 27.5 Å². The van der Waals surface area contributed by atoms with E-state index in [9.17, 15) is 18.0 Å². The van der Waals surface area contributed by atoms with Crippen LogP contribution in [0.1, 0.15) is 0 Å². The number of anilines is 1. The highest BCUT2D eigenvalue weighted by atomic mass is 79.9. The summed E-state index contributed by atoms with van der Waals surface area (Å²) in [6, 6.07) is 12.9. The standard InChI is InChI=1S/C19H19BrN2O6S/c1-21(29(25,26)14-9-7-13(20)8-10-14)12-18(23)22-11-17(19(24)27-2)28-16-6-4-3-5-15(16)22/h3-10,17H,11-12H2,1-2H3/t17-/m1/s1. The maximum Gasteiger partial charge on any atom is 0.348 e. The lowest BCUT2D eigenvalue weighted by atomic mass is 10.2. The van der Waals surface area contributed by atoms with E-state index in [1.54, 1.807) is 36.4 Å². The van der Waals surface area contributed by atoms with Crippen LogP contribution in [0, 0.1) is 0 Å². The Morgan fingerprint density at radius 2 is 1.86 bits per heavy atom. The largest absolute Gasteiger partial charge is 0.475 e. The molecule has 29 heavy (non-hydrogen) atoms. The second-order valence-corrected chi connectivity index (χ2v) is 9.28. The van der Waals surface area contributed by atoms with Crippen molar-refractivity contribution >= 4 is 43.5 Å². The van der Waals surface area contributed by atoms with Gasteiger partial charge in [0.05, 0.1) is 30.8 Å². The van der Waals surface area contributed by atoms with E-state index in [1.807, 2.05) is 0 Å². The Morgan fingerprint density at radius 1 is 1.21 bits per heavy atom. The zero-order valence-electron chi connectivity index (χ0n) is 15.7.